The molecule has 0 aliphatic rings. The fourth-order valence-corrected chi connectivity index (χ4v) is 5.07. The van der Waals surface area contributed by atoms with Gasteiger partial charge in [-0.2, -0.15) is 0 Å². The van der Waals surface area contributed by atoms with E-state index in [2.05, 4.69) is 39.5 Å². The lowest BCUT2D eigenvalue weighted by Crippen LogP contribution is -2.22. The van der Waals surface area contributed by atoms with Crippen molar-refractivity contribution in [2.24, 2.45) is 0 Å². The van der Waals surface area contributed by atoms with Gasteiger partial charge in [0.2, 0.25) is 0 Å². The molecule has 0 saturated heterocycles. The molecule has 0 atom stereocenters. The summed E-state index contributed by atoms with van der Waals surface area (Å²) in [6.45, 7) is 12.2. The van der Waals surface area contributed by atoms with Gasteiger partial charge in [0, 0.05) is 10.6 Å². The number of thioether (sulfide) groups is 1. The molecule has 3 nitrogen and oxygen atoms in total. The Balaban J connectivity index is 2.32. The van der Waals surface area contributed by atoms with Crippen LogP contribution in [0.15, 0.2) is 40.8 Å². The van der Waals surface area contributed by atoms with Crippen molar-refractivity contribution in [2.45, 2.75) is 45.7 Å². The number of aromatic nitrogens is 2. The zero-order valence-corrected chi connectivity index (χ0v) is 17.4. The summed E-state index contributed by atoms with van der Waals surface area (Å²) in [5.74, 6) is 0.717. The first-order valence-corrected chi connectivity index (χ1v) is 10.6. The minimum Gasteiger partial charge on any atom is -0.268 e. The van der Waals surface area contributed by atoms with Crippen LogP contribution in [0.3, 0.4) is 0 Å². The van der Waals surface area contributed by atoms with Crippen LogP contribution in [0, 0.1) is 20.8 Å². The Bertz CT molecular complexity index is 1030. The van der Waals surface area contributed by atoms with E-state index in [9.17, 15) is 4.79 Å². The molecule has 0 aliphatic carbocycles. The van der Waals surface area contributed by atoms with Gasteiger partial charge in [0.1, 0.15) is 4.83 Å². The first-order chi connectivity index (χ1) is 12.5. The van der Waals surface area contributed by atoms with Gasteiger partial charge in [-0.3, -0.25) is 9.36 Å². The van der Waals surface area contributed by atoms with Crippen LogP contribution in [0.1, 0.15) is 34.9 Å². The largest absolute Gasteiger partial charge is 0.268 e. The van der Waals surface area contributed by atoms with Crippen molar-refractivity contribution in [2.75, 3.05) is 5.75 Å². The molecule has 0 spiro atoms. The molecule has 0 aliphatic heterocycles. The second kappa shape index (κ2) is 7.80. The molecule has 0 fully saturated rings. The molecule has 0 amide bonds. The molecule has 3 rings (SSSR count). The number of hydrogen-bond donors (Lipinski definition) is 0. The molecule has 26 heavy (non-hydrogen) atoms. The maximum Gasteiger partial charge on any atom is 0.267 e. The van der Waals surface area contributed by atoms with Crippen molar-refractivity contribution in [1.29, 1.82) is 0 Å². The van der Waals surface area contributed by atoms with E-state index in [0.717, 1.165) is 45.2 Å². The lowest BCUT2D eigenvalue weighted by atomic mass is 10.1. The highest BCUT2D eigenvalue weighted by Crippen LogP contribution is 2.31. The van der Waals surface area contributed by atoms with Crippen LogP contribution >= 0.6 is 23.1 Å². The SMILES string of the molecule is C=CCSc1nc2sc(CCC)c(C)c2c(=O)n1-c1ccc(C)c(C)c1. The molecular weight excluding hydrogens is 360 g/mol. The smallest absolute Gasteiger partial charge is 0.267 e. The summed E-state index contributed by atoms with van der Waals surface area (Å²) in [6.07, 6.45) is 3.90. The summed E-state index contributed by atoms with van der Waals surface area (Å²) >= 11 is 3.21. The maximum absolute atomic E-state index is 13.4. The van der Waals surface area contributed by atoms with Gasteiger partial charge in [-0.25, -0.2) is 4.98 Å². The summed E-state index contributed by atoms with van der Waals surface area (Å²) < 4.78 is 1.76. The molecule has 2 heterocycles. The predicted octanol–water partition coefficient (Wildman–Crippen LogP) is 5.60. The number of nitrogens with zero attached hydrogens (tertiary/aromatic N) is 2. The van der Waals surface area contributed by atoms with E-state index >= 15 is 0 Å². The molecule has 0 N–H and O–H groups in total. The van der Waals surface area contributed by atoms with Crippen LogP contribution in [0.2, 0.25) is 0 Å². The highest BCUT2D eigenvalue weighted by molar-refractivity contribution is 7.99. The van der Waals surface area contributed by atoms with Crippen LogP contribution in [0.25, 0.3) is 15.9 Å². The Labute approximate surface area is 162 Å². The molecule has 1 aromatic carbocycles. The molecule has 5 heteroatoms. The van der Waals surface area contributed by atoms with Crippen molar-refractivity contribution < 1.29 is 0 Å². The first kappa shape index (κ1) is 18.9. The molecule has 2 aromatic heterocycles. The summed E-state index contributed by atoms with van der Waals surface area (Å²) in [6, 6.07) is 6.13. The van der Waals surface area contributed by atoms with E-state index in [1.807, 2.05) is 19.1 Å². The Hall–Kier alpha value is -1.85. The first-order valence-electron chi connectivity index (χ1n) is 8.84. The number of fused-ring (bicyclic) bond motifs is 1. The lowest BCUT2D eigenvalue weighted by Gasteiger charge is -2.13. The minimum absolute atomic E-state index is 0.0286. The normalized spacial score (nSPS) is 11.2. The third-order valence-corrected chi connectivity index (χ3v) is 6.77. The summed E-state index contributed by atoms with van der Waals surface area (Å²) in [7, 11) is 0. The average molecular weight is 385 g/mol. The quantitative estimate of drug-likeness (QED) is 0.315. The van der Waals surface area contributed by atoms with E-state index in [4.69, 9.17) is 4.98 Å². The molecule has 0 bridgehead atoms. The van der Waals surface area contributed by atoms with Gasteiger partial charge in [0.25, 0.3) is 5.56 Å². The van der Waals surface area contributed by atoms with Gasteiger partial charge in [-0.05, 0) is 56.0 Å². The average Bonchev–Trinajstić information content (AvgIpc) is 2.92. The Morgan fingerprint density at radius 3 is 2.69 bits per heavy atom. The minimum atomic E-state index is 0.0286. The van der Waals surface area contributed by atoms with Gasteiger partial charge in [-0.15, -0.1) is 17.9 Å². The summed E-state index contributed by atoms with van der Waals surface area (Å²) in [5, 5.41) is 1.49. The Morgan fingerprint density at radius 1 is 1.27 bits per heavy atom. The second-order valence-electron chi connectivity index (χ2n) is 6.48. The standard InChI is InChI=1S/C21H24N2OS2/c1-6-8-17-15(5)18-19(26-17)22-21(25-11-7-2)23(20(18)24)16-10-9-13(3)14(4)12-16/h7,9-10,12H,2,6,8,11H2,1,3-5H3. The van der Waals surface area contributed by atoms with Gasteiger partial charge in [0.15, 0.2) is 5.16 Å². The number of hydrogen-bond acceptors (Lipinski definition) is 4. The molecule has 0 saturated carbocycles. The van der Waals surface area contributed by atoms with Gasteiger partial charge in [0.05, 0.1) is 11.1 Å². The van der Waals surface area contributed by atoms with Crippen LogP contribution in [-0.2, 0) is 6.42 Å². The molecule has 0 unspecified atom stereocenters. The van der Waals surface area contributed by atoms with Crippen LogP contribution in [0.5, 0.6) is 0 Å². The van der Waals surface area contributed by atoms with Crippen molar-refractivity contribution in [1.82, 2.24) is 9.55 Å². The third-order valence-electron chi connectivity index (χ3n) is 4.59. The monoisotopic (exact) mass is 384 g/mol. The zero-order valence-electron chi connectivity index (χ0n) is 15.8. The van der Waals surface area contributed by atoms with Crippen molar-refractivity contribution in [3.8, 4) is 5.69 Å². The Kier molecular flexibility index (Phi) is 5.68. The number of benzene rings is 1. The van der Waals surface area contributed by atoms with E-state index in [-0.39, 0.29) is 5.56 Å². The highest BCUT2D eigenvalue weighted by Gasteiger charge is 2.19. The van der Waals surface area contributed by atoms with Gasteiger partial charge in [-0.1, -0.05) is 37.2 Å². The summed E-state index contributed by atoms with van der Waals surface area (Å²) in [5.41, 5.74) is 4.38. The highest BCUT2D eigenvalue weighted by atomic mass is 32.2. The number of aryl methyl sites for hydroxylation is 4. The molecule has 0 radical (unpaired) electrons. The fourth-order valence-electron chi connectivity index (χ4n) is 3.00. The third kappa shape index (κ3) is 3.38. The van der Waals surface area contributed by atoms with Crippen LogP contribution < -0.4 is 5.56 Å². The van der Waals surface area contributed by atoms with Crippen LogP contribution in [-0.4, -0.2) is 15.3 Å². The van der Waals surface area contributed by atoms with Crippen molar-refractivity contribution in [3.05, 3.63) is 62.8 Å². The molecular formula is C21H24N2OS2. The topological polar surface area (TPSA) is 34.9 Å². The van der Waals surface area contributed by atoms with E-state index in [1.165, 1.54) is 16.0 Å². The van der Waals surface area contributed by atoms with E-state index in [1.54, 1.807) is 27.7 Å². The Morgan fingerprint density at radius 2 is 2.04 bits per heavy atom. The summed E-state index contributed by atoms with van der Waals surface area (Å²) in [4.78, 5) is 20.4. The van der Waals surface area contributed by atoms with Gasteiger partial charge < -0.3 is 0 Å². The predicted molar refractivity (Wildman–Crippen MR) is 114 cm³/mol. The van der Waals surface area contributed by atoms with Crippen molar-refractivity contribution in [3.63, 3.8) is 0 Å². The number of rotatable bonds is 6. The van der Waals surface area contributed by atoms with Crippen LogP contribution in [0.4, 0.5) is 0 Å². The van der Waals surface area contributed by atoms with E-state index < -0.39 is 0 Å². The van der Waals surface area contributed by atoms with Crippen molar-refractivity contribution >= 4 is 33.3 Å². The maximum atomic E-state index is 13.4. The fraction of sp³-hybridized carbons (Fsp3) is 0.333. The molecule has 3 aromatic rings. The van der Waals surface area contributed by atoms with Gasteiger partial charge >= 0.3 is 0 Å². The van der Waals surface area contributed by atoms with E-state index in [0.29, 0.717) is 0 Å². The zero-order chi connectivity index (χ0) is 18.8. The molecule has 136 valence electrons. The second-order valence-corrected chi connectivity index (χ2v) is 8.55. The lowest BCUT2D eigenvalue weighted by molar-refractivity contribution is 0.821. The number of thiophene rings is 1.